The van der Waals surface area contributed by atoms with E-state index in [9.17, 15) is 14.7 Å². The number of hydrogen-bond donors (Lipinski definition) is 2. The Balaban J connectivity index is 2.72. The van der Waals surface area contributed by atoms with Crippen molar-refractivity contribution in [3.8, 4) is 0 Å². The van der Waals surface area contributed by atoms with Gasteiger partial charge in [-0.05, 0) is 37.0 Å². The van der Waals surface area contributed by atoms with Crippen molar-refractivity contribution < 1.29 is 24.5 Å². The van der Waals surface area contributed by atoms with Crippen LogP contribution < -0.4 is 0 Å². The molecular weight excluding hydrogens is 248 g/mol. The lowest BCUT2D eigenvalue weighted by Crippen LogP contribution is -2.12. The predicted octanol–water partition coefficient (Wildman–Crippen LogP) is 1.61. The number of benzene rings is 1. The third kappa shape index (κ3) is 4.37. The topological polar surface area (TPSA) is 83.8 Å². The van der Waals surface area contributed by atoms with E-state index < -0.39 is 12.1 Å². The van der Waals surface area contributed by atoms with Crippen molar-refractivity contribution in [2.75, 3.05) is 6.61 Å². The summed E-state index contributed by atoms with van der Waals surface area (Å²) in [6.07, 6.45) is -0.698. The normalized spacial score (nSPS) is 11.9. The summed E-state index contributed by atoms with van der Waals surface area (Å²) in [7, 11) is 0. The fourth-order valence-corrected chi connectivity index (χ4v) is 1.81. The number of carboxylic acid groups (broad SMARTS) is 1. The number of aryl methyl sites for hydroxylation is 2. The molecule has 0 bridgehead atoms. The number of carbonyl (C=O) groups excluding carboxylic acids is 1. The second-order valence-corrected chi connectivity index (χ2v) is 4.24. The van der Waals surface area contributed by atoms with Gasteiger partial charge in [0.1, 0.15) is 0 Å². The van der Waals surface area contributed by atoms with Crippen LogP contribution in [0.5, 0.6) is 0 Å². The van der Waals surface area contributed by atoms with Gasteiger partial charge in [-0.15, -0.1) is 0 Å². The number of aliphatic hydroxyl groups excluding tert-OH is 1. The minimum absolute atomic E-state index is 0.255. The van der Waals surface area contributed by atoms with E-state index in [-0.39, 0.29) is 12.4 Å². The zero-order valence-corrected chi connectivity index (χ0v) is 11.0. The van der Waals surface area contributed by atoms with Crippen LogP contribution >= 0.6 is 0 Å². The molecule has 0 saturated heterocycles. The molecule has 2 N–H and O–H groups in total. The average molecular weight is 266 g/mol. The van der Waals surface area contributed by atoms with E-state index in [0.717, 1.165) is 5.56 Å². The van der Waals surface area contributed by atoms with Gasteiger partial charge in [0, 0.05) is 6.42 Å². The van der Waals surface area contributed by atoms with Gasteiger partial charge >= 0.3 is 11.9 Å². The Morgan fingerprint density at radius 2 is 2.05 bits per heavy atom. The molecule has 0 saturated carbocycles. The highest BCUT2D eigenvalue weighted by molar-refractivity contribution is 5.74. The van der Waals surface area contributed by atoms with Crippen molar-refractivity contribution >= 4 is 11.9 Å². The molecule has 1 aromatic carbocycles. The zero-order chi connectivity index (χ0) is 14.4. The molecule has 1 rings (SSSR count). The molecule has 0 aromatic heterocycles. The molecule has 5 heteroatoms. The van der Waals surface area contributed by atoms with Crippen LogP contribution in [0.1, 0.15) is 36.1 Å². The van der Waals surface area contributed by atoms with Gasteiger partial charge in [0.2, 0.25) is 0 Å². The molecule has 1 atom stereocenters. The lowest BCUT2D eigenvalue weighted by Gasteiger charge is -2.11. The summed E-state index contributed by atoms with van der Waals surface area (Å²) in [5, 5.41) is 18.2. The third-order valence-electron chi connectivity index (χ3n) is 2.79. The summed E-state index contributed by atoms with van der Waals surface area (Å²) in [5.41, 5.74) is 1.97. The molecule has 0 aliphatic rings. The van der Waals surface area contributed by atoms with Crippen molar-refractivity contribution in [3.05, 3.63) is 34.9 Å². The van der Waals surface area contributed by atoms with Crippen LogP contribution in [0.25, 0.3) is 0 Å². The Morgan fingerprint density at radius 3 is 2.58 bits per heavy atom. The lowest BCUT2D eigenvalue weighted by molar-refractivity contribution is -0.147. The van der Waals surface area contributed by atoms with E-state index in [1.54, 1.807) is 32.0 Å². The standard InChI is InChI=1S/C14H18O5/c1-3-19-12(15)7-5-10-4-6-11(9(2)8-10)13(16)14(17)18/h4,6,8,13,16H,3,5,7H2,1-2H3,(H,17,18). The number of hydrogen-bond acceptors (Lipinski definition) is 4. The second kappa shape index (κ2) is 6.89. The molecule has 104 valence electrons. The van der Waals surface area contributed by atoms with Crippen LogP contribution in [0, 0.1) is 6.92 Å². The Morgan fingerprint density at radius 1 is 1.37 bits per heavy atom. The zero-order valence-electron chi connectivity index (χ0n) is 11.0. The highest BCUT2D eigenvalue weighted by Crippen LogP contribution is 2.20. The minimum Gasteiger partial charge on any atom is -0.479 e. The molecule has 0 heterocycles. The van der Waals surface area contributed by atoms with Gasteiger partial charge in [-0.3, -0.25) is 4.79 Å². The number of esters is 1. The maximum atomic E-state index is 11.2. The Kier molecular flexibility index (Phi) is 5.51. The highest BCUT2D eigenvalue weighted by Gasteiger charge is 2.18. The summed E-state index contributed by atoms with van der Waals surface area (Å²) in [4.78, 5) is 21.9. The average Bonchev–Trinajstić information content (AvgIpc) is 2.36. The molecule has 19 heavy (non-hydrogen) atoms. The highest BCUT2D eigenvalue weighted by atomic mass is 16.5. The Labute approximate surface area is 111 Å². The van der Waals surface area contributed by atoms with E-state index >= 15 is 0 Å². The first kappa shape index (κ1) is 15.2. The molecule has 0 fully saturated rings. The number of ether oxygens (including phenoxy) is 1. The minimum atomic E-state index is -1.51. The number of aliphatic hydroxyl groups is 1. The first-order valence-corrected chi connectivity index (χ1v) is 6.11. The van der Waals surface area contributed by atoms with Crippen LogP contribution in [0.15, 0.2) is 18.2 Å². The number of carbonyl (C=O) groups is 2. The Hall–Kier alpha value is -1.88. The van der Waals surface area contributed by atoms with Crippen LogP contribution in [0.2, 0.25) is 0 Å². The van der Waals surface area contributed by atoms with Gasteiger partial charge < -0.3 is 14.9 Å². The van der Waals surface area contributed by atoms with Crippen molar-refractivity contribution in [1.29, 1.82) is 0 Å². The van der Waals surface area contributed by atoms with E-state index in [0.29, 0.717) is 24.2 Å². The van der Waals surface area contributed by atoms with E-state index in [1.165, 1.54) is 0 Å². The predicted molar refractivity (Wildman–Crippen MR) is 68.7 cm³/mol. The fraction of sp³-hybridized carbons (Fsp3) is 0.429. The molecule has 1 unspecified atom stereocenters. The summed E-state index contributed by atoms with van der Waals surface area (Å²) in [6, 6.07) is 5.07. The molecule has 0 aliphatic heterocycles. The summed E-state index contributed by atoms with van der Waals surface area (Å²) in [5.74, 6) is -1.53. The fourth-order valence-electron chi connectivity index (χ4n) is 1.81. The summed E-state index contributed by atoms with van der Waals surface area (Å²) < 4.78 is 4.83. The van der Waals surface area contributed by atoms with Gasteiger partial charge in [-0.25, -0.2) is 4.79 Å². The van der Waals surface area contributed by atoms with Crippen LogP contribution in [-0.4, -0.2) is 28.8 Å². The molecule has 0 spiro atoms. The van der Waals surface area contributed by atoms with Gasteiger partial charge in [0.15, 0.2) is 6.10 Å². The van der Waals surface area contributed by atoms with Crippen molar-refractivity contribution in [1.82, 2.24) is 0 Å². The van der Waals surface area contributed by atoms with E-state index in [2.05, 4.69) is 0 Å². The second-order valence-electron chi connectivity index (χ2n) is 4.24. The van der Waals surface area contributed by atoms with Crippen molar-refractivity contribution in [2.24, 2.45) is 0 Å². The lowest BCUT2D eigenvalue weighted by atomic mass is 9.99. The van der Waals surface area contributed by atoms with Crippen LogP contribution in [0.3, 0.4) is 0 Å². The first-order chi connectivity index (χ1) is 8.95. The van der Waals surface area contributed by atoms with Gasteiger partial charge in [-0.1, -0.05) is 18.2 Å². The molecule has 0 amide bonds. The Bertz CT molecular complexity index is 467. The van der Waals surface area contributed by atoms with Gasteiger partial charge in [-0.2, -0.15) is 0 Å². The summed E-state index contributed by atoms with van der Waals surface area (Å²) in [6.45, 7) is 3.85. The number of carboxylic acids is 1. The van der Waals surface area contributed by atoms with Gasteiger partial charge in [0.25, 0.3) is 0 Å². The third-order valence-corrected chi connectivity index (χ3v) is 2.79. The van der Waals surface area contributed by atoms with Crippen LogP contribution in [-0.2, 0) is 20.7 Å². The summed E-state index contributed by atoms with van der Waals surface area (Å²) >= 11 is 0. The SMILES string of the molecule is CCOC(=O)CCc1ccc(C(O)C(=O)O)c(C)c1. The molecule has 0 aliphatic carbocycles. The maximum Gasteiger partial charge on any atom is 0.337 e. The molecule has 5 nitrogen and oxygen atoms in total. The van der Waals surface area contributed by atoms with Crippen LogP contribution in [0.4, 0.5) is 0 Å². The monoisotopic (exact) mass is 266 g/mol. The van der Waals surface area contributed by atoms with E-state index in [4.69, 9.17) is 9.84 Å². The number of rotatable bonds is 6. The van der Waals surface area contributed by atoms with E-state index in [1.807, 2.05) is 0 Å². The first-order valence-electron chi connectivity index (χ1n) is 6.11. The largest absolute Gasteiger partial charge is 0.479 e. The number of aliphatic carboxylic acids is 1. The molecule has 0 radical (unpaired) electrons. The quantitative estimate of drug-likeness (QED) is 0.764. The maximum absolute atomic E-state index is 11.2. The van der Waals surface area contributed by atoms with Gasteiger partial charge in [0.05, 0.1) is 6.61 Å². The molecule has 1 aromatic rings. The molecular formula is C14H18O5. The van der Waals surface area contributed by atoms with Crippen molar-refractivity contribution in [3.63, 3.8) is 0 Å². The van der Waals surface area contributed by atoms with Crippen molar-refractivity contribution in [2.45, 2.75) is 32.8 Å². The smallest absolute Gasteiger partial charge is 0.337 e.